The summed E-state index contributed by atoms with van der Waals surface area (Å²) >= 11 is 2.66. The van der Waals surface area contributed by atoms with Gasteiger partial charge in [-0.2, -0.15) is 5.26 Å². The SMILES string of the molecule is CCOC(=O)c1c(NC=C(C#N)c2nc(-c3cccc([N+](=O)[O-])c3)cs2)sc(C)c1C. The van der Waals surface area contributed by atoms with Gasteiger partial charge in [-0.25, -0.2) is 9.78 Å². The van der Waals surface area contributed by atoms with Gasteiger partial charge in [0.2, 0.25) is 0 Å². The van der Waals surface area contributed by atoms with E-state index in [4.69, 9.17) is 4.74 Å². The second-order valence-electron chi connectivity index (χ2n) is 6.37. The number of aryl methyl sites for hydroxylation is 1. The molecule has 0 amide bonds. The van der Waals surface area contributed by atoms with E-state index >= 15 is 0 Å². The minimum Gasteiger partial charge on any atom is -0.462 e. The molecule has 0 fully saturated rings. The van der Waals surface area contributed by atoms with Crippen LogP contribution in [0.5, 0.6) is 0 Å². The van der Waals surface area contributed by atoms with Crippen molar-refractivity contribution in [1.82, 2.24) is 4.98 Å². The molecule has 10 heteroatoms. The number of carbonyl (C=O) groups is 1. The van der Waals surface area contributed by atoms with E-state index in [0.29, 0.717) is 26.8 Å². The number of thiazole rings is 1. The molecule has 158 valence electrons. The van der Waals surface area contributed by atoms with Crippen molar-refractivity contribution in [3.05, 3.63) is 67.0 Å². The first-order chi connectivity index (χ1) is 14.8. The molecule has 1 N–H and O–H groups in total. The number of allylic oxidation sites excluding steroid dienone is 1. The summed E-state index contributed by atoms with van der Waals surface area (Å²) in [5, 5.41) is 26.4. The van der Waals surface area contributed by atoms with Gasteiger partial charge < -0.3 is 10.1 Å². The maximum atomic E-state index is 12.3. The van der Waals surface area contributed by atoms with Crippen LogP contribution in [0.25, 0.3) is 16.8 Å². The Balaban J connectivity index is 1.89. The summed E-state index contributed by atoms with van der Waals surface area (Å²) in [6.45, 7) is 5.78. The molecule has 31 heavy (non-hydrogen) atoms. The molecule has 0 bridgehead atoms. The van der Waals surface area contributed by atoms with Crippen molar-refractivity contribution in [3.8, 4) is 17.3 Å². The minimum absolute atomic E-state index is 0.0281. The number of hydrogen-bond acceptors (Lipinski definition) is 9. The molecule has 2 heterocycles. The maximum Gasteiger partial charge on any atom is 0.341 e. The number of thiophene rings is 1. The quantitative estimate of drug-likeness (QED) is 0.215. The summed E-state index contributed by atoms with van der Waals surface area (Å²) < 4.78 is 5.14. The molecule has 2 aromatic heterocycles. The Morgan fingerprint density at radius 2 is 2.19 bits per heavy atom. The summed E-state index contributed by atoms with van der Waals surface area (Å²) in [6.07, 6.45) is 1.50. The van der Waals surface area contributed by atoms with Crippen LogP contribution < -0.4 is 5.32 Å². The molecule has 0 saturated carbocycles. The molecule has 0 radical (unpaired) electrons. The van der Waals surface area contributed by atoms with Crippen molar-refractivity contribution in [2.45, 2.75) is 20.8 Å². The first kappa shape index (κ1) is 22.1. The Labute approximate surface area is 186 Å². The second-order valence-corrected chi connectivity index (χ2v) is 8.45. The van der Waals surface area contributed by atoms with E-state index in [9.17, 15) is 20.2 Å². The third kappa shape index (κ3) is 4.79. The number of aromatic nitrogens is 1. The number of hydrogen-bond donors (Lipinski definition) is 1. The van der Waals surface area contributed by atoms with E-state index in [2.05, 4.69) is 16.4 Å². The first-order valence-corrected chi connectivity index (χ1v) is 10.9. The Morgan fingerprint density at radius 3 is 2.87 bits per heavy atom. The zero-order valence-electron chi connectivity index (χ0n) is 17.0. The molecule has 8 nitrogen and oxygen atoms in total. The summed E-state index contributed by atoms with van der Waals surface area (Å²) in [5.74, 6) is -0.416. The van der Waals surface area contributed by atoms with Crippen molar-refractivity contribution in [3.63, 3.8) is 0 Å². The number of nitriles is 1. The van der Waals surface area contributed by atoms with Crippen LogP contribution in [0.4, 0.5) is 10.7 Å². The van der Waals surface area contributed by atoms with Gasteiger partial charge in [0.1, 0.15) is 21.7 Å². The molecule has 0 aliphatic rings. The molecular weight excluding hydrogens is 436 g/mol. The van der Waals surface area contributed by atoms with Crippen molar-refractivity contribution in [2.75, 3.05) is 11.9 Å². The third-order valence-corrected chi connectivity index (χ3v) is 6.43. The van der Waals surface area contributed by atoms with E-state index in [0.717, 1.165) is 10.4 Å². The molecule has 0 aliphatic carbocycles. The topological polar surface area (TPSA) is 118 Å². The van der Waals surface area contributed by atoms with Crippen LogP contribution in [0.15, 0.2) is 35.8 Å². The highest BCUT2D eigenvalue weighted by Gasteiger charge is 2.20. The zero-order chi connectivity index (χ0) is 22.5. The number of nitrogens with zero attached hydrogens (tertiary/aromatic N) is 3. The van der Waals surface area contributed by atoms with Crippen molar-refractivity contribution >= 4 is 44.9 Å². The molecular formula is C21H18N4O4S2. The van der Waals surface area contributed by atoms with Gasteiger partial charge in [-0.3, -0.25) is 10.1 Å². The number of non-ortho nitro benzene ring substituents is 1. The largest absolute Gasteiger partial charge is 0.462 e. The van der Waals surface area contributed by atoms with Gasteiger partial charge in [0, 0.05) is 34.2 Å². The maximum absolute atomic E-state index is 12.3. The first-order valence-electron chi connectivity index (χ1n) is 9.20. The fraction of sp³-hybridized carbons (Fsp3) is 0.190. The Bertz CT molecular complexity index is 1220. The van der Waals surface area contributed by atoms with Gasteiger partial charge >= 0.3 is 5.97 Å². The molecule has 0 spiro atoms. The lowest BCUT2D eigenvalue weighted by Gasteiger charge is -2.05. The highest BCUT2D eigenvalue weighted by molar-refractivity contribution is 7.16. The van der Waals surface area contributed by atoms with Crippen molar-refractivity contribution in [1.29, 1.82) is 5.26 Å². The summed E-state index contributed by atoms with van der Waals surface area (Å²) in [4.78, 5) is 28.3. The van der Waals surface area contributed by atoms with E-state index in [1.165, 1.54) is 41.0 Å². The Kier molecular flexibility index (Phi) is 6.79. The molecule has 0 aliphatic heterocycles. The van der Waals surface area contributed by atoms with Crippen LogP contribution in [-0.4, -0.2) is 22.5 Å². The standard InChI is InChI=1S/C21H18N4O4S2/c1-4-29-21(26)18-12(2)13(3)31-20(18)23-10-15(9-22)19-24-17(11-30-19)14-6-5-7-16(8-14)25(27)28/h5-8,10-11,23H,4H2,1-3H3. The third-order valence-electron chi connectivity index (χ3n) is 4.42. The summed E-state index contributed by atoms with van der Waals surface area (Å²) in [7, 11) is 0. The van der Waals surface area contributed by atoms with E-state index in [1.807, 2.05) is 13.8 Å². The van der Waals surface area contributed by atoms with Gasteiger partial charge in [0.15, 0.2) is 0 Å². The fourth-order valence-corrected chi connectivity index (χ4v) is 4.58. The number of rotatable bonds is 7. The molecule has 1 aromatic carbocycles. The van der Waals surface area contributed by atoms with E-state index in [1.54, 1.807) is 24.4 Å². The fourth-order valence-electron chi connectivity index (χ4n) is 2.77. The van der Waals surface area contributed by atoms with Gasteiger partial charge in [-0.05, 0) is 26.3 Å². The number of nitro groups is 1. The van der Waals surface area contributed by atoms with Crippen LogP contribution in [0.1, 0.15) is 32.7 Å². The zero-order valence-corrected chi connectivity index (χ0v) is 18.6. The number of benzene rings is 1. The normalized spacial score (nSPS) is 11.1. The van der Waals surface area contributed by atoms with Crippen molar-refractivity contribution < 1.29 is 14.5 Å². The van der Waals surface area contributed by atoms with Crippen LogP contribution >= 0.6 is 22.7 Å². The predicted octanol–water partition coefficient (Wildman–Crippen LogP) is 5.55. The second kappa shape index (κ2) is 9.51. The average Bonchev–Trinajstić information content (AvgIpc) is 3.34. The highest BCUT2D eigenvalue weighted by atomic mass is 32.1. The van der Waals surface area contributed by atoms with Crippen LogP contribution in [0.3, 0.4) is 0 Å². The highest BCUT2D eigenvalue weighted by Crippen LogP contribution is 2.34. The molecule has 0 saturated heterocycles. The van der Waals surface area contributed by atoms with Crippen LogP contribution in [-0.2, 0) is 4.74 Å². The number of anilines is 1. The Morgan fingerprint density at radius 1 is 1.42 bits per heavy atom. The summed E-state index contributed by atoms with van der Waals surface area (Å²) in [6, 6.07) is 8.27. The van der Waals surface area contributed by atoms with Crippen molar-refractivity contribution in [2.24, 2.45) is 0 Å². The van der Waals surface area contributed by atoms with Gasteiger partial charge in [-0.15, -0.1) is 22.7 Å². The van der Waals surface area contributed by atoms with E-state index in [-0.39, 0.29) is 17.9 Å². The Hall–Kier alpha value is -3.55. The summed E-state index contributed by atoms with van der Waals surface area (Å²) in [5.41, 5.74) is 2.67. The number of ether oxygens (including phenoxy) is 1. The molecule has 0 atom stereocenters. The smallest absolute Gasteiger partial charge is 0.341 e. The number of esters is 1. The van der Waals surface area contributed by atoms with Gasteiger partial charge in [0.05, 0.1) is 22.8 Å². The lowest BCUT2D eigenvalue weighted by atomic mass is 10.1. The van der Waals surface area contributed by atoms with Gasteiger partial charge in [-0.1, -0.05) is 12.1 Å². The number of nitrogens with one attached hydrogen (secondary N) is 1. The lowest BCUT2D eigenvalue weighted by molar-refractivity contribution is -0.384. The molecule has 3 rings (SSSR count). The lowest BCUT2D eigenvalue weighted by Crippen LogP contribution is -2.07. The number of nitro benzene ring substituents is 1. The average molecular weight is 455 g/mol. The van der Waals surface area contributed by atoms with Gasteiger partial charge in [0.25, 0.3) is 5.69 Å². The molecule has 3 aromatic rings. The predicted molar refractivity (Wildman–Crippen MR) is 121 cm³/mol. The van der Waals surface area contributed by atoms with Crippen LogP contribution in [0.2, 0.25) is 0 Å². The minimum atomic E-state index is -0.465. The molecule has 0 unspecified atom stereocenters. The number of carbonyl (C=O) groups excluding carboxylic acids is 1. The van der Waals surface area contributed by atoms with E-state index < -0.39 is 10.9 Å². The monoisotopic (exact) mass is 454 g/mol. The van der Waals surface area contributed by atoms with Crippen LogP contribution in [0, 0.1) is 35.3 Å².